The summed E-state index contributed by atoms with van der Waals surface area (Å²) in [5.74, 6) is -0.933. The van der Waals surface area contributed by atoms with E-state index >= 15 is 0 Å². The smallest absolute Gasteiger partial charge is 0.341 e. The molecule has 1 N–H and O–H groups in total. The van der Waals surface area contributed by atoms with Gasteiger partial charge in [-0.3, -0.25) is 9.10 Å². The highest BCUT2D eigenvalue weighted by Gasteiger charge is 2.25. The fraction of sp³-hybridized carbons (Fsp3) is 0.250. The first kappa shape index (κ1) is 24.5. The summed E-state index contributed by atoms with van der Waals surface area (Å²) in [7, 11) is -3.79. The maximum atomic E-state index is 13.1. The number of carbonyl (C=O) groups is 2. The minimum atomic E-state index is -3.79. The first-order valence-electron chi connectivity index (χ1n) is 10.5. The van der Waals surface area contributed by atoms with Gasteiger partial charge in [0.25, 0.3) is 15.9 Å². The molecule has 0 fully saturated rings. The molecule has 0 bridgehead atoms. The summed E-state index contributed by atoms with van der Waals surface area (Å²) in [6, 6.07) is 14.6. The van der Waals surface area contributed by atoms with Crippen molar-refractivity contribution < 1.29 is 22.7 Å². The van der Waals surface area contributed by atoms with Crippen LogP contribution < -0.4 is 9.62 Å². The van der Waals surface area contributed by atoms with Crippen molar-refractivity contribution in [2.24, 2.45) is 0 Å². The summed E-state index contributed by atoms with van der Waals surface area (Å²) < 4.78 is 32.7. The van der Waals surface area contributed by atoms with Crippen molar-refractivity contribution in [2.75, 3.05) is 22.8 Å². The SMILES string of the molecule is CCOC(=O)c1c(NC(=O)c2ccc(S(=O)(=O)N(CC)c3ccccc3)cc2)sc(C)c1C. The first-order chi connectivity index (χ1) is 15.7. The fourth-order valence-corrected chi connectivity index (χ4v) is 5.85. The molecule has 1 heterocycles. The monoisotopic (exact) mass is 486 g/mol. The molecule has 3 rings (SSSR count). The molecule has 1 amide bonds. The van der Waals surface area contributed by atoms with Crippen LogP contribution in [-0.2, 0) is 14.8 Å². The number of nitrogens with one attached hydrogen (secondary N) is 1. The van der Waals surface area contributed by atoms with E-state index < -0.39 is 21.9 Å². The van der Waals surface area contributed by atoms with Gasteiger partial charge in [-0.25, -0.2) is 13.2 Å². The zero-order valence-electron chi connectivity index (χ0n) is 18.9. The lowest BCUT2D eigenvalue weighted by molar-refractivity contribution is 0.0527. The molecule has 0 unspecified atom stereocenters. The predicted octanol–water partition coefficient (Wildman–Crippen LogP) is 5.01. The first-order valence-corrected chi connectivity index (χ1v) is 12.7. The van der Waals surface area contributed by atoms with Crippen molar-refractivity contribution in [3.8, 4) is 0 Å². The van der Waals surface area contributed by atoms with Crippen molar-refractivity contribution in [3.05, 3.63) is 76.2 Å². The Morgan fingerprint density at radius 1 is 1.00 bits per heavy atom. The molecule has 7 nitrogen and oxygen atoms in total. The molecular weight excluding hydrogens is 460 g/mol. The number of rotatable bonds is 8. The largest absolute Gasteiger partial charge is 0.462 e. The van der Waals surface area contributed by atoms with E-state index in [0.29, 0.717) is 16.3 Å². The lowest BCUT2D eigenvalue weighted by atomic mass is 10.1. The third-order valence-corrected chi connectivity index (χ3v) is 8.17. The minimum absolute atomic E-state index is 0.0831. The highest BCUT2D eigenvalue weighted by atomic mass is 32.2. The Morgan fingerprint density at radius 3 is 2.21 bits per heavy atom. The quantitative estimate of drug-likeness (QED) is 0.452. The number of sulfonamides is 1. The van der Waals surface area contributed by atoms with Gasteiger partial charge in [0.15, 0.2) is 0 Å². The standard InChI is InChI=1S/C24H26N2O5S2/c1-5-26(19-10-8-7-9-11-19)33(29,30)20-14-12-18(13-15-20)22(27)25-23-21(24(28)31-6-2)16(3)17(4)32-23/h7-15H,5-6H2,1-4H3,(H,25,27). The number of carbonyl (C=O) groups excluding carboxylic acids is 2. The molecule has 0 atom stereocenters. The number of thiophene rings is 1. The van der Waals surface area contributed by atoms with Crippen molar-refractivity contribution in [1.82, 2.24) is 0 Å². The van der Waals surface area contributed by atoms with Gasteiger partial charge in [0.05, 0.1) is 22.8 Å². The number of aryl methyl sites for hydroxylation is 1. The maximum absolute atomic E-state index is 13.1. The van der Waals surface area contributed by atoms with Gasteiger partial charge < -0.3 is 10.1 Å². The lowest BCUT2D eigenvalue weighted by Crippen LogP contribution is -2.30. The van der Waals surface area contributed by atoms with E-state index in [-0.39, 0.29) is 23.6 Å². The van der Waals surface area contributed by atoms with Gasteiger partial charge in [0, 0.05) is 17.0 Å². The predicted molar refractivity (Wildman–Crippen MR) is 131 cm³/mol. The van der Waals surface area contributed by atoms with Crippen LogP contribution in [0.1, 0.15) is 45.0 Å². The molecule has 0 aliphatic carbocycles. The highest BCUT2D eigenvalue weighted by Crippen LogP contribution is 2.33. The van der Waals surface area contributed by atoms with Gasteiger partial charge >= 0.3 is 5.97 Å². The molecule has 2 aromatic carbocycles. The van der Waals surface area contributed by atoms with E-state index in [9.17, 15) is 18.0 Å². The van der Waals surface area contributed by atoms with Gasteiger partial charge in [0.2, 0.25) is 0 Å². The number of anilines is 2. The molecule has 33 heavy (non-hydrogen) atoms. The zero-order chi connectivity index (χ0) is 24.2. The van der Waals surface area contributed by atoms with E-state index in [0.717, 1.165) is 10.4 Å². The molecule has 0 aliphatic heterocycles. The van der Waals surface area contributed by atoms with Gasteiger partial charge in [-0.2, -0.15) is 0 Å². The molecule has 9 heteroatoms. The van der Waals surface area contributed by atoms with Crippen LogP contribution in [0, 0.1) is 13.8 Å². The number of amides is 1. The third kappa shape index (κ3) is 5.09. The second kappa shape index (κ2) is 10.2. The van der Waals surface area contributed by atoms with E-state index in [2.05, 4.69) is 5.32 Å². The molecular formula is C24H26N2O5S2. The number of ether oxygens (including phenoxy) is 1. The Hall–Kier alpha value is -3.17. The lowest BCUT2D eigenvalue weighted by Gasteiger charge is -2.23. The Bertz CT molecular complexity index is 1250. The average Bonchev–Trinajstić information content (AvgIpc) is 3.08. The third-order valence-electron chi connectivity index (χ3n) is 5.13. The second-order valence-corrected chi connectivity index (χ2v) is 10.3. The molecule has 0 saturated heterocycles. The Balaban J connectivity index is 1.84. The van der Waals surface area contributed by atoms with Crippen LogP contribution in [0.25, 0.3) is 0 Å². The van der Waals surface area contributed by atoms with E-state index in [4.69, 9.17) is 4.74 Å². The minimum Gasteiger partial charge on any atom is -0.462 e. The molecule has 0 spiro atoms. The molecule has 0 aliphatic rings. The molecule has 174 valence electrons. The van der Waals surface area contributed by atoms with Crippen molar-refractivity contribution >= 4 is 43.9 Å². The normalized spacial score (nSPS) is 11.2. The van der Waals surface area contributed by atoms with Gasteiger partial charge in [-0.05, 0) is 69.7 Å². The van der Waals surface area contributed by atoms with Gasteiger partial charge in [0.1, 0.15) is 5.00 Å². The molecule has 0 saturated carbocycles. The average molecular weight is 487 g/mol. The van der Waals surface area contributed by atoms with E-state index in [1.54, 1.807) is 45.0 Å². The maximum Gasteiger partial charge on any atom is 0.341 e. The Kier molecular flexibility index (Phi) is 7.55. The van der Waals surface area contributed by atoms with Crippen LogP contribution in [0.2, 0.25) is 0 Å². The Morgan fingerprint density at radius 2 is 1.64 bits per heavy atom. The number of esters is 1. The zero-order valence-corrected chi connectivity index (χ0v) is 20.5. The molecule has 3 aromatic rings. The van der Waals surface area contributed by atoms with Crippen LogP contribution in [0.3, 0.4) is 0 Å². The molecule has 1 aromatic heterocycles. The van der Waals surface area contributed by atoms with Crippen molar-refractivity contribution in [1.29, 1.82) is 0 Å². The molecule has 0 radical (unpaired) electrons. The summed E-state index contributed by atoms with van der Waals surface area (Å²) in [5.41, 5.74) is 1.94. The van der Waals surface area contributed by atoms with Gasteiger partial charge in [-0.15, -0.1) is 11.3 Å². The summed E-state index contributed by atoms with van der Waals surface area (Å²) in [5, 5.41) is 3.17. The summed E-state index contributed by atoms with van der Waals surface area (Å²) in [4.78, 5) is 26.1. The van der Waals surface area contributed by atoms with Crippen molar-refractivity contribution in [2.45, 2.75) is 32.6 Å². The summed E-state index contributed by atoms with van der Waals surface area (Å²) in [6.07, 6.45) is 0. The van der Waals surface area contributed by atoms with Crippen LogP contribution in [0.4, 0.5) is 10.7 Å². The number of para-hydroxylation sites is 1. The summed E-state index contributed by atoms with van der Waals surface area (Å²) in [6.45, 7) is 7.65. The van der Waals surface area contributed by atoms with E-state index in [1.807, 2.05) is 13.0 Å². The highest BCUT2D eigenvalue weighted by molar-refractivity contribution is 7.92. The van der Waals surface area contributed by atoms with Crippen LogP contribution in [0.15, 0.2) is 59.5 Å². The van der Waals surface area contributed by atoms with E-state index in [1.165, 1.54) is 39.9 Å². The number of hydrogen-bond acceptors (Lipinski definition) is 6. The van der Waals surface area contributed by atoms with Gasteiger partial charge in [-0.1, -0.05) is 18.2 Å². The van der Waals surface area contributed by atoms with Crippen LogP contribution in [0.5, 0.6) is 0 Å². The van der Waals surface area contributed by atoms with Crippen LogP contribution in [-0.4, -0.2) is 33.4 Å². The second-order valence-electron chi connectivity index (χ2n) is 7.19. The number of hydrogen-bond donors (Lipinski definition) is 1. The number of benzene rings is 2. The topological polar surface area (TPSA) is 92.8 Å². The fourth-order valence-electron chi connectivity index (χ4n) is 3.33. The number of nitrogens with zero attached hydrogens (tertiary/aromatic N) is 1. The Labute approximate surface area is 198 Å². The summed E-state index contributed by atoms with van der Waals surface area (Å²) >= 11 is 1.29. The van der Waals surface area contributed by atoms with Crippen molar-refractivity contribution in [3.63, 3.8) is 0 Å². The van der Waals surface area contributed by atoms with Crippen LogP contribution >= 0.6 is 11.3 Å².